The third-order valence-corrected chi connectivity index (χ3v) is 5.49. The molecule has 1 N–H and O–H groups in total. The van der Waals surface area contributed by atoms with Gasteiger partial charge in [0, 0.05) is 17.3 Å². The monoisotopic (exact) mass is 544 g/mol. The molecule has 0 aliphatic rings. The molecule has 0 saturated heterocycles. The smallest absolute Gasteiger partial charge is 0.433 e. The largest absolute Gasteiger partial charge is 0.493 e. The number of amides is 1. The van der Waals surface area contributed by atoms with E-state index in [0.717, 1.165) is 24.3 Å². The van der Waals surface area contributed by atoms with Gasteiger partial charge >= 0.3 is 12.4 Å². The van der Waals surface area contributed by atoms with Crippen molar-refractivity contribution in [2.45, 2.75) is 12.4 Å². The number of carbonyl (C=O) groups excluding carboxylic acids is 1. The highest BCUT2D eigenvalue weighted by Gasteiger charge is 2.36. The van der Waals surface area contributed by atoms with E-state index < -0.39 is 40.2 Å². The molecule has 0 radical (unpaired) electrons. The van der Waals surface area contributed by atoms with Gasteiger partial charge < -0.3 is 14.8 Å². The first-order valence-electron chi connectivity index (χ1n) is 10.2. The zero-order valence-corrected chi connectivity index (χ0v) is 19.6. The normalized spacial score (nSPS) is 12.0. The van der Waals surface area contributed by atoms with Gasteiger partial charge in [-0.05, 0) is 42.5 Å². The zero-order valence-electron chi connectivity index (χ0n) is 18.8. The van der Waals surface area contributed by atoms with Gasteiger partial charge in [-0.15, -0.1) is 0 Å². The van der Waals surface area contributed by atoms with Crippen molar-refractivity contribution in [2.75, 3.05) is 19.5 Å². The lowest BCUT2D eigenvalue weighted by Crippen LogP contribution is -2.16. The van der Waals surface area contributed by atoms with Gasteiger partial charge in [0.05, 0.1) is 30.5 Å². The Balaban J connectivity index is 1.76. The summed E-state index contributed by atoms with van der Waals surface area (Å²) in [5, 5.41) is 5.28. The molecule has 2 heterocycles. The predicted octanol–water partition coefficient (Wildman–Crippen LogP) is 6.36. The van der Waals surface area contributed by atoms with Crippen molar-refractivity contribution < 1.29 is 40.6 Å². The number of rotatable bonds is 5. The average Bonchev–Trinajstić information content (AvgIpc) is 3.27. The molecule has 4 rings (SSSR count). The molecule has 4 aromatic rings. The number of anilines is 1. The minimum atomic E-state index is -4.88. The van der Waals surface area contributed by atoms with Crippen LogP contribution in [0.25, 0.3) is 16.9 Å². The Hall–Kier alpha value is -4.00. The SMILES string of the molecule is COc1ccc(-c2cc(C(F)(F)F)n3nc(C(=O)Nc4ccc(Cl)c(C(F)(F)F)c4)cc3n2)cc1OC. The van der Waals surface area contributed by atoms with Crippen molar-refractivity contribution in [1.82, 2.24) is 14.6 Å². The summed E-state index contributed by atoms with van der Waals surface area (Å²) >= 11 is 5.57. The number of nitrogens with one attached hydrogen (secondary N) is 1. The number of hydrogen-bond donors (Lipinski definition) is 1. The number of aromatic nitrogens is 3. The minimum absolute atomic E-state index is 0.0971. The lowest BCUT2D eigenvalue weighted by Gasteiger charge is -2.12. The third-order valence-electron chi connectivity index (χ3n) is 5.16. The van der Waals surface area contributed by atoms with Crippen LogP contribution < -0.4 is 14.8 Å². The second kappa shape index (κ2) is 9.47. The van der Waals surface area contributed by atoms with Crippen LogP contribution in [0, 0.1) is 0 Å². The van der Waals surface area contributed by atoms with E-state index in [1.165, 1.54) is 32.4 Å². The molecule has 1 amide bonds. The quantitative estimate of drug-likeness (QED) is 0.296. The van der Waals surface area contributed by atoms with Crippen molar-refractivity contribution >= 4 is 28.8 Å². The minimum Gasteiger partial charge on any atom is -0.493 e. The van der Waals surface area contributed by atoms with E-state index in [4.69, 9.17) is 21.1 Å². The summed E-state index contributed by atoms with van der Waals surface area (Å²) in [6.45, 7) is 0. The highest BCUT2D eigenvalue weighted by Crippen LogP contribution is 2.37. The summed E-state index contributed by atoms with van der Waals surface area (Å²) in [5.74, 6) is -0.450. The van der Waals surface area contributed by atoms with Crippen molar-refractivity contribution in [3.8, 4) is 22.8 Å². The fraction of sp³-hybridized carbons (Fsp3) is 0.174. The Labute approximate surface area is 209 Å². The second-order valence-electron chi connectivity index (χ2n) is 7.54. The number of halogens is 7. The van der Waals surface area contributed by atoms with Crippen LogP contribution in [-0.2, 0) is 12.4 Å². The molecule has 7 nitrogen and oxygen atoms in total. The Morgan fingerprint density at radius 3 is 2.24 bits per heavy atom. The van der Waals surface area contributed by atoms with Crippen LogP contribution in [0.4, 0.5) is 32.0 Å². The molecule has 14 heteroatoms. The van der Waals surface area contributed by atoms with Crippen LogP contribution in [0.1, 0.15) is 21.7 Å². The maximum Gasteiger partial charge on any atom is 0.433 e. The molecular weight excluding hydrogens is 530 g/mol. The predicted molar refractivity (Wildman–Crippen MR) is 121 cm³/mol. The first-order valence-corrected chi connectivity index (χ1v) is 10.6. The maximum absolute atomic E-state index is 13.9. The molecule has 194 valence electrons. The average molecular weight is 545 g/mol. The molecule has 0 fully saturated rings. The van der Waals surface area contributed by atoms with Crippen molar-refractivity contribution in [1.29, 1.82) is 0 Å². The number of benzene rings is 2. The van der Waals surface area contributed by atoms with E-state index in [1.54, 1.807) is 0 Å². The van der Waals surface area contributed by atoms with Gasteiger partial charge in [0.15, 0.2) is 28.5 Å². The summed E-state index contributed by atoms with van der Waals surface area (Å²) in [4.78, 5) is 16.8. The Kier molecular flexibility index (Phi) is 6.67. The zero-order chi connectivity index (χ0) is 27.1. The summed E-state index contributed by atoms with van der Waals surface area (Å²) in [6.07, 6.45) is -9.67. The van der Waals surface area contributed by atoms with Crippen LogP contribution in [0.2, 0.25) is 5.02 Å². The number of ether oxygens (including phenoxy) is 2. The molecule has 37 heavy (non-hydrogen) atoms. The molecule has 2 aromatic carbocycles. The van der Waals surface area contributed by atoms with Gasteiger partial charge in [0.1, 0.15) is 0 Å². The summed E-state index contributed by atoms with van der Waals surface area (Å²) in [7, 11) is 2.76. The van der Waals surface area contributed by atoms with E-state index in [9.17, 15) is 31.1 Å². The highest BCUT2D eigenvalue weighted by atomic mass is 35.5. The van der Waals surface area contributed by atoms with Crippen LogP contribution in [0.5, 0.6) is 11.5 Å². The van der Waals surface area contributed by atoms with Crippen LogP contribution >= 0.6 is 11.6 Å². The van der Waals surface area contributed by atoms with Gasteiger partial charge in [-0.2, -0.15) is 31.4 Å². The molecule has 0 spiro atoms. The van der Waals surface area contributed by atoms with Crippen LogP contribution in [-0.4, -0.2) is 34.7 Å². The first kappa shape index (κ1) is 26.1. The fourth-order valence-corrected chi connectivity index (χ4v) is 3.67. The standard InChI is InChI=1S/C23H15ClF6N4O3/c1-36-17-6-3-11(7-18(17)37-2)15-9-19(23(28,29)30)34-20(32-15)10-16(33-34)21(35)31-12-4-5-14(24)13(8-12)22(25,26)27/h3-10H,1-2H3,(H,31,35). The van der Waals surface area contributed by atoms with E-state index in [1.807, 2.05) is 0 Å². The number of methoxy groups -OCH3 is 2. The maximum atomic E-state index is 13.9. The highest BCUT2D eigenvalue weighted by molar-refractivity contribution is 6.31. The molecule has 0 atom stereocenters. The Bertz CT molecular complexity index is 1500. The molecule has 0 aliphatic heterocycles. The molecule has 0 saturated carbocycles. The van der Waals surface area contributed by atoms with Crippen molar-refractivity contribution in [2.24, 2.45) is 0 Å². The van der Waals surface area contributed by atoms with E-state index >= 15 is 0 Å². The van der Waals surface area contributed by atoms with Crippen LogP contribution in [0.15, 0.2) is 48.5 Å². The molecule has 0 aliphatic carbocycles. The van der Waals surface area contributed by atoms with E-state index in [0.29, 0.717) is 16.3 Å². The van der Waals surface area contributed by atoms with Crippen LogP contribution in [0.3, 0.4) is 0 Å². The number of carbonyl (C=O) groups is 1. The summed E-state index contributed by atoms with van der Waals surface area (Å²) < 4.78 is 91.7. The second-order valence-corrected chi connectivity index (χ2v) is 7.95. The number of hydrogen-bond acceptors (Lipinski definition) is 5. The molecule has 0 unspecified atom stereocenters. The molecular formula is C23H15ClF6N4O3. The van der Waals surface area contributed by atoms with Gasteiger partial charge in [0.2, 0.25) is 0 Å². The Morgan fingerprint density at radius 1 is 0.919 bits per heavy atom. The van der Waals surface area contributed by atoms with Gasteiger partial charge in [-0.1, -0.05) is 11.6 Å². The topological polar surface area (TPSA) is 77.8 Å². The van der Waals surface area contributed by atoms with Crippen molar-refractivity contribution in [3.05, 3.63) is 70.5 Å². The third kappa shape index (κ3) is 5.26. The van der Waals surface area contributed by atoms with Crippen molar-refractivity contribution in [3.63, 3.8) is 0 Å². The van der Waals surface area contributed by atoms with Gasteiger partial charge in [-0.3, -0.25) is 4.79 Å². The number of nitrogens with zero attached hydrogens (tertiary/aromatic N) is 3. The molecule has 0 bridgehead atoms. The fourth-order valence-electron chi connectivity index (χ4n) is 3.45. The first-order chi connectivity index (χ1) is 17.3. The van der Waals surface area contributed by atoms with E-state index in [2.05, 4.69) is 15.4 Å². The molecule has 2 aromatic heterocycles. The van der Waals surface area contributed by atoms with Gasteiger partial charge in [-0.25, -0.2) is 9.50 Å². The lowest BCUT2D eigenvalue weighted by molar-refractivity contribution is -0.142. The lowest BCUT2D eigenvalue weighted by atomic mass is 10.1. The Morgan fingerprint density at radius 2 is 1.62 bits per heavy atom. The summed E-state index contributed by atoms with van der Waals surface area (Å²) in [5.41, 5.74) is -3.37. The number of fused-ring (bicyclic) bond motifs is 1. The van der Waals surface area contributed by atoms with Gasteiger partial charge in [0.25, 0.3) is 5.91 Å². The summed E-state index contributed by atoms with van der Waals surface area (Å²) in [6, 6.07) is 8.77. The van der Waals surface area contributed by atoms with E-state index in [-0.39, 0.29) is 28.3 Å². The number of alkyl halides is 6.